The van der Waals surface area contributed by atoms with Gasteiger partial charge in [0.1, 0.15) is 5.75 Å². The first-order chi connectivity index (χ1) is 14.7. The molecule has 0 saturated carbocycles. The normalized spacial score (nSPS) is 23.0. The lowest BCUT2D eigenvalue weighted by molar-refractivity contribution is -0.190. The van der Waals surface area contributed by atoms with Gasteiger partial charge in [0.15, 0.2) is 5.78 Å². The zero-order chi connectivity index (χ0) is 24.1. The lowest BCUT2D eigenvalue weighted by Gasteiger charge is -2.35. The fourth-order valence-corrected chi connectivity index (χ4v) is 4.39. The molecule has 174 valence electrons. The maximum atomic E-state index is 14.7. The first-order valence-corrected chi connectivity index (χ1v) is 10.4. The van der Waals surface area contributed by atoms with Crippen LogP contribution in [0, 0.1) is 11.3 Å². The van der Waals surface area contributed by atoms with Gasteiger partial charge in [-0.15, -0.1) is 0 Å². The highest BCUT2D eigenvalue weighted by molar-refractivity contribution is 6.14. The number of amides is 2. The van der Waals surface area contributed by atoms with Gasteiger partial charge in [-0.2, -0.15) is 13.2 Å². The number of carbonyl (C=O) groups excluding carboxylic acids is 3. The molecular weight excluding hydrogens is 425 g/mol. The Kier molecular flexibility index (Phi) is 5.91. The Morgan fingerprint density at radius 3 is 2.44 bits per heavy atom. The van der Waals surface area contributed by atoms with Gasteiger partial charge in [0.25, 0.3) is 11.8 Å². The van der Waals surface area contributed by atoms with Crippen LogP contribution in [0.3, 0.4) is 0 Å². The van der Waals surface area contributed by atoms with E-state index in [9.17, 15) is 27.6 Å². The second kappa shape index (κ2) is 7.94. The summed E-state index contributed by atoms with van der Waals surface area (Å²) in [5.74, 6) is -3.12. The van der Waals surface area contributed by atoms with Crippen molar-refractivity contribution in [2.24, 2.45) is 11.3 Å². The van der Waals surface area contributed by atoms with E-state index in [1.165, 1.54) is 31.4 Å². The van der Waals surface area contributed by atoms with Gasteiger partial charge in [0.2, 0.25) is 5.54 Å². The molecule has 1 aromatic carbocycles. The number of allylic oxidation sites excluding steroid dienone is 1. The number of Topliss-reactive ketones (excluding diaryl/α,β-unsaturated/α-hetero) is 1. The van der Waals surface area contributed by atoms with E-state index in [0.29, 0.717) is 0 Å². The number of ether oxygens (including phenoxy) is 1. The summed E-state index contributed by atoms with van der Waals surface area (Å²) in [6, 6.07) is 5.57. The van der Waals surface area contributed by atoms with Gasteiger partial charge < -0.3 is 15.0 Å². The number of hydrogen-bond donors (Lipinski definition) is 1. The molecule has 1 heterocycles. The SMILES string of the molecule is COc1cccc(C(=O)NC2(C(F)(F)F)C(=O)N(CC(C)C)C3=C2C(=O)CC(C)(C)C3)c1. The van der Waals surface area contributed by atoms with Crippen molar-refractivity contribution in [1.29, 1.82) is 0 Å². The average Bonchev–Trinajstić information content (AvgIpc) is 2.89. The zero-order valence-corrected chi connectivity index (χ0v) is 18.7. The highest BCUT2D eigenvalue weighted by atomic mass is 19.4. The molecule has 1 aromatic rings. The monoisotopic (exact) mass is 452 g/mol. The number of methoxy groups -OCH3 is 1. The second-order valence-electron chi connectivity index (χ2n) is 9.51. The van der Waals surface area contributed by atoms with Gasteiger partial charge >= 0.3 is 6.18 Å². The lowest BCUT2D eigenvalue weighted by Crippen LogP contribution is -2.66. The summed E-state index contributed by atoms with van der Waals surface area (Å²) in [5.41, 5.74) is -4.76. The van der Waals surface area contributed by atoms with Crippen molar-refractivity contribution in [3.05, 3.63) is 41.1 Å². The summed E-state index contributed by atoms with van der Waals surface area (Å²) in [4.78, 5) is 40.4. The van der Waals surface area contributed by atoms with Gasteiger partial charge in [-0.05, 0) is 36.0 Å². The minimum absolute atomic E-state index is 0.00782. The molecule has 0 bridgehead atoms. The number of ketones is 1. The molecule has 1 N–H and O–H groups in total. The Balaban J connectivity index is 2.18. The van der Waals surface area contributed by atoms with E-state index in [1.807, 2.05) is 5.32 Å². The number of alkyl halides is 3. The Bertz CT molecular complexity index is 997. The van der Waals surface area contributed by atoms with E-state index in [0.717, 1.165) is 4.90 Å². The summed E-state index contributed by atoms with van der Waals surface area (Å²) >= 11 is 0. The van der Waals surface area contributed by atoms with Crippen LogP contribution < -0.4 is 10.1 Å². The van der Waals surface area contributed by atoms with Gasteiger partial charge in [-0.3, -0.25) is 14.4 Å². The van der Waals surface area contributed by atoms with Crippen LogP contribution in [-0.2, 0) is 9.59 Å². The molecule has 1 atom stereocenters. The third-order valence-corrected chi connectivity index (χ3v) is 5.73. The number of benzene rings is 1. The fourth-order valence-electron chi connectivity index (χ4n) is 4.39. The van der Waals surface area contributed by atoms with Crippen molar-refractivity contribution >= 4 is 17.6 Å². The molecule has 0 radical (unpaired) electrons. The van der Waals surface area contributed by atoms with Crippen LogP contribution in [0.4, 0.5) is 13.2 Å². The number of carbonyl (C=O) groups is 3. The molecule has 3 rings (SSSR count). The highest BCUT2D eigenvalue weighted by Gasteiger charge is 2.71. The molecule has 2 amide bonds. The number of nitrogens with one attached hydrogen (secondary N) is 1. The van der Waals surface area contributed by atoms with Crippen molar-refractivity contribution in [3.63, 3.8) is 0 Å². The van der Waals surface area contributed by atoms with Crippen molar-refractivity contribution in [2.75, 3.05) is 13.7 Å². The maximum absolute atomic E-state index is 14.7. The van der Waals surface area contributed by atoms with Gasteiger partial charge in [0, 0.05) is 24.2 Å². The first kappa shape index (κ1) is 23.8. The molecule has 0 aromatic heterocycles. The maximum Gasteiger partial charge on any atom is 0.425 e. The number of halogens is 3. The third-order valence-electron chi connectivity index (χ3n) is 5.73. The van der Waals surface area contributed by atoms with Gasteiger partial charge in [0.05, 0.1) is 12.7 Å². The van der Waals surface area contributed by atoms with Crippen LogP contribution >= 0.6 is 0 Å². The molecular formula is C23H27F3N2O4. The standard InChI is InChI=1S/C23H27F3N2O4/c1-13(2)12-28-16-10-21(3,4)11-17(29)18(16)22(20(28)31,23(24,25)26)27-19(30)14-7-6-8-15(9-14)32-5/h6-9,13H,10-12H2,1-5H3,(H,27,30). The van der Waals surface area contributed by atoms with Crippen LogP contribution in [0.2, 0.25) is 0 Å². The summed E-state index contributed by atoms with van der Waals surface area (Å²) in [6.07, 6.45) is -5.25. The summed E-state index contributed by atoms with van der Waals surface area (Å²) in [6.45, 7) is 7.09. The van der Waals surface area contributed by atoms with Crippen LogP contribution in [-0.4, -0.2) is 47.9 Å². The van der Waals surface area contributed by atoms with E-state index in [1.54, 1.807) is 27.7 Å². The smallest absolute Gasteiger partial charge is 0.425 e. The molecule has 0 fully saturated rings. The molecule has 1 aliphatic carbocycles. The molecule has 9 heteroatoms. The quantitative estimate of drug-likeness (QED) is 0.736. The first-order valence-electron chi connectivity index (χ1n) is 10.4. The predicted molar refractivity (Wildman–Crippen MR) is 111 cm³/mol. The minimum atomic E-state index is -5.22. The van der Waals surface area contributed by atoms with Gasteiger partial charge in [-0.1, -0.05) is 33.8 Å². The Morgan fingerprint density at radius 2 is 1.88 bits per heavy atom. The summed E-state index contributed by atoms with van der Waals surface area (Å²) < 4.78 is 49.0. The zero-order valence-electron chi connectivity index (χ0n) is 18.7. The molecule has 1 aliphatic heterocycles. The highest BCUT2D eigenvalue weighted by Crippen LogP contribution is 2.51. The van der Waals surface area contributed by atoms with Crippen LogP contribution in [0.15, 0.2) is 35.5 Å². The average molecular weight is 452 g/mol. The van der Waals surface area contributed by atoms with Crippen molar-refractivity contribution in [3.8, 4) is 5.75 Å². The van der Waals surface area contributed by atoms with Crippen LogP contribution in [0.5, 0.6) is 5.75 Å². The van der Waals surface area contributed by atoms with E-state index in [2.05, 4.69) is 0 Å². The fraction of sp³-hybridized carbons (Fsp3) is 0.522. The second-order valence-corrected chi connectivity index (χ2v) is 9.51. The minimum Gasteiger partial charge on any atom is -0.497 e. The Labute approximate surface area is 184 Å². The topological polar surface area (TPSA) is 75.7 Å². The van der Waals surface area contributed by atoms with Crippen molar-refractivity contribution in [2.45, 2.75) is 52.3 Å². The Hall–Kier alpha value is -2.84. The Morgan fingerprint density at radius 1 is 1.22 bits per heavy atom. The lowest BCUT2D eigenvalue weighted by atomic mass is 9.72. The van der Waals surface area contributed by atoms with E-state index < -0.39 is 40.3 Å². The van der Waals surface area contributed by atoms with Crippen molar-refractivity contribution < 1.29 is 32.3 Å². The molecule has 32 heavy (non-hydrogen) atoms. The molecule has 1 unspecified atom stereocenters. The predicted octanol–water partition coefficient (Wildman–Crippen LogP) is 3.87. The number of rotatable bonds is 5. The summed E-state index contributed by atoms with van der Waals surface area (Å²) in [5, 5.41) is 1.92. The molecule has 6 nitrogen and oxygen atoms in total. The van der Waals surface area contributed by atoms with Crippen molar-refractivity contribution in [1.82, 2.24) is 10.2 Å². The third kappa shape index (κ3) is 3.89. The van der Waals surface area contributed by atoms with Gasteiger partial charge in [-0.25, -0.2) is 0 Å². The number of hydrogen-bond acceptors (Lipinski definition) is 4. The van der Waals surface area contributed by atoms with E-state index >= 15 is 0 Å². The molecule has 0 saturated heterocycles. The molecule has 2 aliphatic rings. The number of nitrogens with zero attached hydrogens (tertiary/aromatic N) is 1. The van der Waals surface area contributed by atoms with Crippen LogP contribution in [0.25, 0.3) is 0 Å². The van der Waals surface area contributed by atoms with E-state index in [-0.39, 0.29) is 42.3 Å². The van der Waals surface area contributed by atoms with E-state index in [4.69, 9.17) is 4.74 Å². The summed E-state index contributed by atoms with van der Waals surface area (Å²) in [7, 11) is 1.36. The molecule has 0 spiro atoms. The largest absolute Gasteiger partial charge is 0.497 e. The van der Waals surface area contributed by atoms with Crippen LogP contribution in [0.1, 0.15) is 50.9 Å².